The Hall–Kier alpha value is -2.22. The molecule has 1 aromatic heterocycles. The topological polar surface area (TPSA) is 78.9 Å². The average Bonchev–Trinajstić information content (AvgIpc) is 3.22. The molecule has 2 atom stereocenters. The van der Waals surface area contributed by atoms with Crippen molar-refractivity contribution in [2.24, 2.45) is 5.92 Å². The standard InChI is InChI=1S/C22H26N2O4S/c25-21(28-19-14-24-10-8-16(19)9-11-24)12-18(15-4-2-1-3-5-15)23-13-17-6-7-20(29-17)22(26)27/h1-7,16,18-19,23H,8-14H2,(H,26,27)/t18?,19-/m0/s1. The van der Waals surface area contributed by atoms with Gasteiger partial charge < -0.3 is 15.2 Å². The maximum atomic E-state index is 12.7. The summed E-state index contributed by atoms with van der Waals surface area (Å²) in [5.41, 5.74) is 1.02. The van der Waals surface area contributed by atoms with Crippen LogP contribution in [0.2, 0.25) is 0 Å². The molecule has 0 amide bonds. The number of piperidine rings is 3. The Morgan fingerprint density at radius 2 is 1.93 bits per heavy atom. The van der Waals surface area contributed by atoms with Crippen LogP contribution in [0.1, 0.15) is 45.4 Å². The Balaban J connectivity index is 1.38. The first-order valence-electron chi connectivity index (χ1n) is 10.1. The predicted molar refractivity (Wildman–Crippen MR) is 111 cm³/mol. The number of aromatic carboxylic acids is 1. The van der Waals surface area contributed by atoms with Gasteiger partial charge in [0, 0.05) is 24.0 Å². The van der Waals surface area contributed by atoms with E-state index in [0.717, 1.165) is 42.9 Å². The molecule has 5 rings (SSSR count). The Morgan fingerprint density at radius 1 is 1.17 bits per heavy atom. The lowest BCUT2D eigenvalue weighted by Gasteiger charge is -2.44. The lowest BCUT2D eigenvalue weighted by Crippen LogP contribution is -2.52. The van der Waals surface area contributed by atoms with Gasteiger partial charge in [-0.3, -0.25) is 9.69 Å². The van der Waals surface area contributed by atoms with E-state index in [4.69, 9.17) is 9.84 Å². The summed E-state index contributed by atoms with van der Waals surface area (Å²) < 4.78 is 5.87. The fourth-order valence-electron chi connectivity index (χ4n) is 4.23. The summed E-state index contributed by atoms with van der Waals surface area (Å²) in [4.78, 5) is 27.4. The number of thiophene rings is 1. The number of hydrogen-bond donors (Lipinski definition) is 2. The summed E-state index contributed by atoms with van der Waals surface area (Å²) in [7, 11) is 0. The van der Waals surface area contributed by atoms with Crippen LogP contribution in [0.4, 0.5) is 0 Å². The van der Waals surface area contributed by atoms with E-state index in [2.05, 4.69) is 10.2 Å². The van der Waals surface area contributed by atoms with E-state index in [9.17, 15) is 9.59 Å². The molecule has 3 fully saturated rings. The lowest BCUT2D eigenvalue weighted by molar-refractivity contribution is -0.159. The zero-order valence-corrected chi connectivity index (χ0v) is 17.1. The number of fused-ring (bicyclic) bond motifs is 3. The monoisotopic (exact) mass is 414 g/mol. The zero-order chi connectivity index (χ0) is 20.2. The van der Waals surface area contributed by atoms with Gasteiger partial charge in [0.1, 0.15) is 11.0 Å². The van der Waals surface area contributed by atoms with Crippen LogP contribution < -0.4 is 5.32 Å². The second-order valence-electron chi connectivity index (χ2n) is 7.79. The molecule has 2 aromatic rings. The number of carbonyl (C=O) groups excluding carboxylic acids is 1. The first-order chi connectivity index (χ1) is 14.1. The molecular formula is C22H26N2O4S. The molecule has 29 heavy (non-hydrogen) atoms. The predicted octanol–water partition coefficient (Wildman–Crippen LogP) is 3.30. The Labute approximate surface area is 174 Å². The molecular weight excluding hydrogens is 388 g/mol. The van der Waals surface area contributed by atoms with Crippen LogP contribution >= 0.6 is 11.3 Å². The van der Waals surface area contributed by atoms with Crippen molar-refractivity contribution in [3.63, 3.8) is 0 Å². The van der Waals surface area contributed by atoms with Crippen molar-refractivity contribution in [1.82, 2.24) is 10.2 Å². The number of carbonyl (C=O) groups is 2. The van der Waals surface area contributed by atoms with Crippen LogP contribution in [0.15, 0.2) is 42.5 Å². The highest BCUT2D eigenvalue weighted by Crippen LogP contribution is 2.30. The minimum atomic E-state index is -0.915. The molecule has 154 valence electrons. The highest BCUT2D eigenvalue weighted by Gasteiger charge is 2.36. The number of nitrogens with zero attached hydrogens (tertiary/aromatic N) is 1. The molecule has 0 aliphatic carbocycles. The second kappa shape index (κ2) is 9.07. The van der Waals surface area contributed by atoms with Gasteiger partial charge in [-0.05, 0) is 49.5 Å². The Morgan fingerprint density at radius 3 is 2.55 bits per heavy atom. The molecule has 2 bridgehead atoms. The van der Waals surface area contributed by atoms with E-state index in [-0.39, 0.29) is 24.5 Å². The number of hydrogen-bond acceptors (Lipinski definition) is 6. The molecule has 4 heterocycles. The van der Waals surface area contributed by atoms with Gasteiger partial charge in [-0.2, -0.15) is 0 Å². The van der Waals surface area contributed by atoms with Crippen LogP contribution in [-0.2, 0) is 16.1 Å². The molecule has 1 unspecified atom stereocenters. The summed E-state index contributed by atoms with van der Waals surface area (Å²) in [5.74, 6) is -0.600. The Bertz CT molecular complexity index is 846. The zero-order valence-electron chi connectivity index (χ0n) is 16.3. The fraction of sp³-hybridized carbons (Fsp3) is 0.455. The van der Waals surface area contributed by atoms with Gasteiger partial charge in [0.15, 0.2) is 0 Å². The minimum Gasteiger partial charge on any atom is -0.477 e. The van der Waals surface area contributed by atoms with E-state index in [1.54, 1.807) is 6.07 Å². The van der Waals surface area contributed by atoms with Gasteiger partial charge in [0.2, 0.25) is 0 Å². The van der Waals surface area contributed by atoms with Crippen molar-refractivity contribution < 1.29 is 19.4 Å². The smallest absolute Gasteiger partial charge is 0.345 e. The molecule has 3 aliphatic rings. The van der Waals surface area contributed by atoms with Crippen LogP contribution in [-0.4, -0.2) is 47.7 Å². The fourth-order valence-corrected chi connectivity index (χ4v) is 5.03. The van der Waals surface area contributed by atoms with E-state index >= 15 is 0 Å². The number of benzene rings is 1. The van der Waals surface area contributed by atoms with Gasteiger partial charge in [0.25, 0.3) is 0 Å². The first kappa shape index (κ1) is 20.1. The minimum absolute atomic E-state index is 0.0110. The molecule has 0 saturated carbocycles. The molecule has 6 nitrogen and oxygen atoms in total. The van der Waals surface area contributed by atoms with E-state index in [1.165, 1.54) is 11.3 Å². The third kappa shape index (κ3) is 5.04. The number of nitrogens with one attached hydrogen (secondary N) is 1. The van der Waals surface area contributed by atoms with Crippen molar-refractivity contribution >= 4 is 23.3 Å². The number of rotatable bonds is 8. The Kier molecular flexibility index (Phi) is 6.28. The van der Waals surface area contributed by atoms with Gasteiger partial charge >= 0.3 is 11.9 Å². The molecule has 0 spiro atoms. The van der Waals surface area contributed by atoms with Crippen molar-refractivity contribution in [3.8, 4) is 0 Å². The highest BCUT2D eigenvalue weighted by atomic mass is 32.1. The largest absolute Gasteiger partial charge is 0.477 e. The summed E-state index contributed by atoms with van der Waals surface area (Å²) in [5, 5.41) is 12.5. The van der Waals surface area contributed by atoms with Crippen molar-refractivity contribution in [2.45, 2.75) is 38.0 Å². The maximum Gasteiger partial charge on any atom is 0.345 e. The molecule has 7 heteroatoms. The molecule has 0 radical (unpaired) electrons. The van der Waals surface area contributed by atoms with E-state index < -0.39 is 5.97 Å². The maximum absolute atomic E-state index is 12.7. The summed E-state index contributed by atoms with van der Waals surface area (Å²) >= 11 is 1.25. The van der Waals surface area contributed by atoms with Crippen LogP contribution in [0, 0.1) is 5.92 Å². The number of ether oxygens (including phenoxy) is 1. The van der Waals surface area contributed by atoms with E-state index in [0.29, 0.717) is 17.3 Å². The summed E-state index contributed by atoms with van der Waals surface area (Å²) in [6.45, 7) is 3.59. The van der Waals surface area contributed by atoms with E-state index in [1.807, 2.05) is 36.4 Å². The summed E-state index contributed by atoms with van der Waals surface area (Å²) in [6, 6.07) is 13.1. The highest BCUT2D eigenvalue weighted by molar-refractivity contribution is 7.13. The molecule has 3 saturated heterocycles. The summed E-state index contributed by atoms with van der Waals surface area (Å²) in [6.07, 6.45) is 2.49. The number of carboxylic acid groups (broad SMARTS) is 1. The molecule has 3 aliphatic heterocycles. The van der Waals surface area contributed by atoms with Crippen molar-refractivity contribution in [3.05, 3.63) is 57.8 Å². The molecule has 1 aromatic carbocycles. The van der Waals surface area contributed by atoms with Gasteiger partial charge in [-0.15, -0.1) is 11.3 Å². The van der Waals surface area contributed by atoms with Crippen LogP contribution in [0.25, 0.3) is 0 Å². The number of carboxylic acids is 1. The normalized spacial score (nSPS) is 24.2. The third-order valence-corrected chi connectivity index (χ3v) is 6.92. The first-order valence-corrected chi connectivity index (χ1v) is 10.9. The van der Waals surface area contributed by atoms with Gasteiger partial charge in [-0.25, -0.2) is 4.79 Å². The van der Waals surface area contributed by atoms with Gasteiger partial charge in [0.05, 0.1) is 6.42 Å². The van der Waals surface area contributed by atoms with Gasteiger partial charge in [-0.1, -0.05) is 30.3 Å². The SMILES string of the molecule is O=C(CC(NCc1ccc(C(=O)O)s1)c1ccccc1)O[C@H]1CN2CCC1CC2. The van der Waals surface area contributed by atoms with Crippen LogP contribution in [0.5, 0.6) is 0 Å². The lowest BCUT2D eigenvalue weighted by atomic mass is 9.86. The quantitative estimate of drug-likeness (QED) is 0.646. The average molecular weight is 415 g/mol. The van der Waals surface area contributed by atoms with Crippen molar-refractivity contribution in [2.75, 3.05) is 19.6 Å². The number of esters is 1. The second-order valence-corrected chi connectivity index (χ2v) is 8.95. The third-order valence-electron chi connectivity index (χ3n) is 5.85. The molecule has 2 N–H and O–H groups in total. The van der Waals surface area contributed by atoms with Crippen molar-refractivity contribution in [1.29, 1.82) is 0 Å². The van der Waals surface area contributed by atoms with Crippen LogP contribution in [0.3, 0.4) is 0 Å².